The average Bonchev–Trinajstić information content (AvgIpc) is 2.37. The van der Waals surface area contributed by atoms with Crippen LogP contribution in [0, 0.1) is 0 Å². The highest BCUT2D eigenvalue weighted by Crippen LogP contribution is 1.86. The first-order valence-electron chi connectivity index (χ1n) is 3.15. The van der Waals surface area contributed by atoms with Gasteiger partial charge in [-0.1, -0.05) is 0 Å². The Labute approximate surface area is 54.7 Å². The van der Waals surface area contributed by atoms with Crippen LogP contribution in [0.25, 0.3) is 0 Å². The molecule has 1 rings (SSSR count). The Bertz CT molecular complexity index is 120. The van der Waals surface area contributed by atoms with E-state index in [2.05, 4.69) is 10.3 Å². The molecule has 4 heteroatoms. The molecule has 0 saturated carbocycles. The highest BCUT2D eigenvalue weighted by Gasteiger charge is 2.07. The molecule has 0 bridgehead atoms. The summed E-state index contributed by atoms with van der Waals surface area (Å²) in [6.45, 7) is 4.56. The molecule has 0 aromatic heterocycles. The molecule has 0 atom stereocenters. The standard InChI is InChI=1S/C5H12N4/c1-2-9(6)5-7-3-4-8-5/h2-4,6H2,1H3,(H,7,8). The molecule has 1 aliphatic heterocycles. The van der Waals surface area contributed by atoms with Gasteiger partial charge in [0, 0.05) is 13.1 Å². The summed E-state index contributed by atoms with van der Waals surface area (Å²) in [6.07, 6.45) is 0. The number of nitrogens with one attached hydrogen (secondary N) is 1. The zero-order chi connectivity index (χ0) is 6.69. The lowest BCUT2D eigenvalue weighted by atomic mass is 10.7. The molecular weight excluding hydrogens is 116 g/mol. The van der Waals surface area contributed by atoms with E-state index in [4.69, 9.17) is 5.84 Å². The number of guanidine groups is 1. The van der Waals surface area contributed by atoms with Gasteiger partial charge in [-0.3, -0.25) is 10.0 Å². The quantitative estimate of drug-likeness (QED) is 0.357. The van der Waals surface area contributed by atoms with Crippen LogP contribution in [-0.4, -0.2) is 30.6 Å². The van der Waals surface area contributed by atoms with Crippen molar-refractivity contribution in [2.24, 2.45) is 10.8 Å². The molecule has 0 amide bonds. The first-order valence-corrected chi connectivity index (χ1v) is 3.15. The normalized spacial score (nSPS) is 16.9. The largest absolute Gasteiger partial charge is 0.353 e. The predicted molar refractivity (Wildman–Crippen MR) is 36.9 cm³/mol. The second-order valence-electron chi connectivity index (χ2n) is 1.92. The number of hydrogen-bond donors (Lipinski definition) is 2. The third-order valence-electron chi connectivity index (χ3n) is 1.27. The highest BCUT2D eigenvalue weighted by molar-refractivity contribution is 5.80. The summed E-state index contributed by atoms with van der Waals surface area (Å²) in [7, 11) is 0. The van der Waals surface area contributed by atoms with E-state index in [0.29, 0.717) is 0 Å². The summed E-state index contributed by atoms with van der Waals surface area (Å²) in [6, 6.07) is 0. The molecule has 0 radical (unpaired) electrons. The van der Waals surface area contributed by atoms with E-state index in [1.54, 1.807) is 5.01 Å². The van der Waals surface area contributed by atoms with Gasteiger partial charge in [-0.2, -0.15) is 0 Å². The van der Waals surface area contributed by atoms with Crippen LogP contribution in [0.1, 0.15) is 6.92 Å². The Hall–Kier alpha value is -0.770. The zero-order valence-corrected chi connectivity index (χ0v) is 5.59. The van der Waals surface area contributed by atoms with Crippen molar-refractivity contribution in [2.45, 2.75) is 6.92 Å². The summed E-state index contributed by atoms with van der Waals surface area (Å²) in [5, 5.41) is 4.66. The lowest BCUT2D eigenvalue weighted by Gasteiger charge is -2.14. The van der Waals surface area contributed by atoms with Crippen molar-refractivity contribution in [3.63, 3.8) is 0 Å². The Morgan fingerprint density at radius 1 is 1.89 bits per heavy atom. The molecule has 0 aromatic rings. The fraction of sp³-hybridized carbons (Fsp3) is 0.800. The summed E-state index contributed by atoms with van der Waals surface area (Å²) >= 11 is 0. The van der Waals surface area contributed by atoms with E-state index in [-0.39, 0.29) is 0 Å². The second-order valence-corrected chi connectivity index (χ2v) is 1.92. The van der Waals surface area contributed by atoms with Gasteiger partial charge in [0.2, 0.25) is 5.96 Å². The molecule has 0 fully saturated rings. The predicted octanol–water partition coefficient (Wildman–Crippen LogP) is -0.859. The summed E-state index contributed by atoms with van der Waals surface area (Å²) in [4.78, 5) is 4.11. The number of nitrogens with zero attached hydrogens (tertiary/aromatic N) is 2. The average molecular weight is 128 g/mol. The maximum atomic E-state index is 5.52. The number of nitrogens with two attached hydrogens (primary N) is 1. The van der Waals surface area contributed by atoms with E-state index in [1.807, 2.05) is 6.92 Å². The molecule has 0 unspecified atom stereocenters. The molecule has 1 aliphatic rings. The third-order valence-corrected chi connectivity index (χ3v) is 1.27. The fourth-order valence-electron chi connectivity index (χ4n) is 0.728. The van der Waals surface area contributed by atoms with Crippen molar-refractivity contribution in [3.05, 3.63) is 0 Å². The van der Waals surface area contributed by atoms with Crippen LogP contribution >= 0.6 is 0 Å². The Balaban J connectivity index is 2.40. The maximum absolute atomic E-state index is 5.52. The Morgan fingerprint density at radius 2 is 2.67 bits per heavy atom. The van der Waals surface area contributed by atoms with Crippen molar-refractivity contribution in [2.75, 3.05) is 19.6 Å². The smallest absolute Gasteiger partial charge is 0.208 e. The Kier molecular flexibility index (Phi) is 1.89. The summed E-state index contributed by atoms with van der Waals surface area (Å²) in [5.74, 6) is 6.34. The minimum atomic E-state index is 0.797. The van der Waals surface area contributed by atoms with Crippen LogP contribution in [-0.2, 0) is 0 Å². The minimum absolute atomic E-state index is 0.797. The van der Waals surface area contributed by atoms with Crippen molar-refractivity contribution < 1.29 is 0 Å². The van der Waals surface area contributed by atoms with Gasteiger partial charge < -0.3 is 5.32 Å². The van der Waals surface area contributed by atoms with E-state index in [9.17, 15) is 0 Å². The Morgan fingerprint density at radius 3 is 3.11 bits per heavy atom. The fourth-order valence-corrected chi connectivity index (χ4v) is 0.728. The molecule has 4 nitrogen and oxygen atoms in total. The molecule has 1 heterocycles. The number of hydrogen-bond acceptors (Lipinski definition) is 4. The molecule has 0 saturated heterocycles. The first kappa shape index (κ1) is 6.35. The van der Waals surface area contributed by atoms with E-state index >= 15 is 0 Å². The van der Waals surface area contributed by atoms with E-state index in [1.165, 1.54) is 0 Å². The number of hydrazine groups is 1. The molecule has 0 aromatic carbocycles. The molecule has 52 valence electrons. The lowest BCUT2D eigenvalue weighted by Crippen LogP contribution is -2.43. The topological polar surface area (TPSA) is 53.6 Å². The van der Waals surface area contributed by atoms with Crippen LogP contribution in [0.4, 0.5) is 0 Å². The van der Waals surface area contributed by atoms with Gasteiger partial charge in [-0.05, 0) is 6.92 Å². The van der Waals surface area contributed by atoms with Crippen LogP contribution in [0.3, 0.4) is 0 Å². The van der Waals surface area contributed by atoms with Gasteiger partial charge in [0.15, 0.2) is 0 Å². The van der Waals surface area contributed by atoms with Crippen LogP contribution in [0.2, 0.25) is 0 Å². The first-order chi connectivity index (χ1) is 4.34. The van der Waals surface area contributed by atoms with Crippen molar-refractivity contribution in [3.8, 4) is 0 Å². The van der Waals surface area contributed by atoms with Crippen molar-refractivity contribution in [1.82, 2.24) is 10.3 Å². The lowest BCUT2D eigenvalue weighted by molar-refractivity contribution is 0.452. The molecule has 9 heavy (non-hydrogen) atoms. The maximum Gasteiger partial charge on any atom is 0.208 e. The molecular formula is C5H12N4. The van der Waals surface area contributed by atoms with Crippen LogP contribution < -0.4 is 11.2 Å². The van der Waals surface area contributed by atoms with E-state index < -0.39 is 0 Å². The second kappa shape index (κ2) is 2.68. The van der Waals surface area contributed by atoms with Gasteiger partial charge in [0.1, 0.15) is 0 Å². The van der Waals surface area contributed by atoms with Gasteiger partial charge in [-0.15, -0.1) is 0 Å². The molecule has 3 N–H and O–H groups in total. The molecule has 0 aliphatic carbocycles. The van der Waals surface area contributed by atoms with Gasteiger partial charge in [0.05, 0.1) is 6.54 Å². The zero-order valence-electron chi connectivity index (χ0n) is 5.59. The number of aliphatic imine (C=N–C) groups is 1. The monoisotopic (exact) mass is 128 g/mol. The van der Waals surface area contributed by atoms with Crippen LogP contribution in [0.5, 0.6) is 0 Å². The van der Waals surface area contributed by atoms with Gasteiger partial charge in [0.25, 0.3) is 0 Å². The highest BCUT2D eigenvalue weighted by atomic mass is 15.5. The third kappa shape index (κ3) is 1.32. The van der Waals surface area contributed by atoms with Gasteiger partial charge in [-0.25, -0.2) is 5.84 Å². The molecule has 0 spiro atoms. The summed E-state index contributed by atoms with van der Waals surface area (Å²) < 4.78 is 0. The van der Waals surface area contributed by atoms with Crippen LogP contribution in [0.15, 0.2) is 4.99 Å². The summed E-state index contributed by atoms with van der Waals surface area (Å²) in [5.41, 5.74) is 0. The van der Waals surface area contributed by atoms with Gasteiger partial charge >= 0.3 is 0 Å². The number of rotatable bonds is 1. The SMILES string of the molecule is CCN(N)C1=NCCN1. The minimum Gasteiger partial charge on any atom is -0.353 e. The van der Waals surface area contributed by atoms with Crippen molar-refractivity contribution in [1.29, 1.82) is 0 Å². The van der Waals surface area contributed by atoms with E-state index in [0.717, 1.165) is 25.6 Å². The van der Waals surface area contributed by atoms with Crippen molar-refractivity contribution >= 4 is 5.96 Å².